The van der Waals surface area contributed by atoms with Gasteiger partial charge < -0.3 is 25.2 Å². The van der Waals surface area contributed by atoms with Crippen LogP contribution < -0.4 is 5.32 Å². The minimum atomic E-state index is -4.75. The molecule has 0 aromatic rings. The van der Waals surface area contributed by atoms with Gasteiger partial charge in [0.2, 0.25) is 5.91 Å². The van der Waals surface area contributed by atoms with Crippen LogP contribution in [-0.2, 0) is 32.7 Å². The number of carboxylic acid groups (broad SMARTS) is 1. The van der Waals surface area contributed by atoms with Crippen LogP contribution >= 0.6 is 7.82 Å². The summed E-state index contributed by atoms with van der Waals surface area (Å²) in [5.41, 5.74) is 0. The molecule has 0 spiro atoms. The van der Waals surface area contributed by atoms with Gasteiger partial charge in [0, 0.05) is 12.8 Å². The highest BCUT2D eigenvalue weighted by Gasteiger charge is 2.28. The Kier molecular flexibility index (Phi) is 38.7. The molecule has 0 saturated carbocycles. The number of phosphoric ester groups is 1. The van der Waals surface area contributed by atoms with Crippen molar-refractivity contribution >= 4 is 25.7 Å². The number of ether oxygens (including phenoxy) is 1. The normalized spacial score (nSPS) is 13.8. The molecule has 0 heterocycles. The van der Waals surface area contributed by atoms with Gasteiger partial charge in [0.05, 0.1) is 13.2 Å². The molecule has 0 radical (unpaired) electrons. The molecule has 0 aromatic heterocycles. The zero-order chi connectivity index (χ0) is 41.4. The molecule has 0 saturated heterocycles. The van der Waals surface area contributed by atoms with E-state index in [0.29, 0.717) is 12.8 Å². The number of esters is 1. The number of aliphatic hydroxyl groups excluding tert-OH is 1. The van der Waals surface area contributed by atoms with E-state index in [1.54, 1.807) is 0 Å². The van der Waals surface area contributed by atoms with E-state index in [9.17, 15) is 34.1 Å². The van der Waals surface area contributed by atoms with E-state index >= 15 is 0 Å². The summed E-state index contributed by atoms with van der Waals surface area (Å²) in [6, 6.07) is -1.54. The van der Waals surface area contributed by atoms with Crippen LogP contribution in [0.25, 0.3) is 0 Å². The van der Waals surface area contributed by atoms with E-state index in [2.05, 4.69) is 31.3 Å². The van der Waals surface area contributed by atoms with E-state index in [1.807, 2.05) is 0 Å². The molecular weight excluding hydrogens is 733 g/mol. The number of carbonyl (C=O) groups excluding carboxylic acids is 2. The molecule has 330 valence electrons. The lowest BCUT2D eigenvalue weighted by molar-refractivity contribution is -0.147. The van der Waals surface area contributed by atoms with Gasteiger partial charge >= 0.3 is 19.8 Å². The van der Waals surface area contributed by atoms with Crippen molar-refractivity contribution in [2.24, 2.45) is 0 Å². The van der Waals surface area contributed by atoms with Crippen molar-refractivity contribution in [2.75, 3.05) is 19.8 Å². The molecule has 1 amide bonds. The van der Waals surface area contributed by atoms with E-state index < -0.39 is 57.6 Å². The Morgan fingerprint density at radius 3 is 1.38 bits per heavy atom. The first kappa shape index (κ1) is 54.2. The lowest BCUT2D eigenvalue weighted by Gasteiger charge is -2.18. The average molecular weight is 818 g/mol. The van der Waals surface area contributed by atoms with Crippen molar-refractivity contribution in [3.8, 4) is 0 Å². The van der Waals surface area contributed by atoms with E-state index in [1.165, 1.54) is 122 Å². The largest absolute Gasteiger partial charge is 0.480 e. The van der Waals surface area contributed by atoms with Crippen molar-refractivity contribution in [1.82, 2.24) is 5.32 Å². The third-order valence-electron chi connectivity index (χ3n) is 10.1. The van der Waals surface area contributed by atoms with Crippen molar-refractivity contribution in [3.63, 3.8) is 0 Å². The molecular formula is C44H84NO10P. The van der Waals surface area contributed by atoms with Gasteiger partial charge in [-0.05, 0) is 38.5 Å². The average Bonchev–Trinajstić information content (AvgIpc) is 3.17. The third kappa shape index (κ3) is 39.1. The molecule has 0 rings (SSSR count). The molecule has 3 atom stereocenters. The first-order valence-electron chi connectivity index (χ1n) is 22.7. The van der Waals surface area contributed by atoms with Crippen LogP contribution in [0.15, 0.2) is 12.2 Å². The Bertz CT molecular complexity index is 1010. The zero-order valence-corrected chi connectivity index (χ0v) is 36.6. The quantitative estimate of drug-likeness (QED) is 0.0201. The van der Waals surface area contributed by atoms with Crippen molar-refractivity contribution < 1.29 is 47.8 Å². The first-order chi connectivity index (χ1) is 27.1. The predicted octanol–water partition coefficient (Wildman–Crippen LogP) is 11.7. The van der Waals surface area contributed by atoms with E-state index in [-0.39, 0.29) is 12.8 Å². The van der Waals surface area contributed by atoms with Crippen LogP contribution in [0.4, 0.5) is 0 Å². The topological polar surface area (TPSA) is 169 Å². The van der Waals surface area contributed by atoms with Gasteiger partial charge in [0.25, 0.3) is 0 Å². The summed E-state index contributed by atoms with van der Waals surface area (Å²) in [6.07, 6.45) is 39.5. The Balaban J connectivity index is 3.86. The van der Waals surface area contributed by atoms with Crippen molar-refractivity contribution in [2.45, 2.75) is 231 Å². The molecule has 4 N–H and O–H groups in total. The summed E-state index contributed by atoms with van der Waals surface area (Å²) < 4.78 is 26.8. The van der Waals surface area contributed by atoms with E-state index in [4.69, 9.17) is 13.8 Å². The number of carbonyl (C=O) groups is 3. The van der Waals surface area contributed by atoms with Crippen molar-refractivity contribution in [1.29, 1.82) is 0 Å². The highest BCUT2D eigenvalue weighted by molar-refractivity contribution is 7.47. The van der Waals surface area contributed by atoms with Crippen molar-refractivity contribution in [3.05, 3.63) is 12.2 Å². The molecule has 0 aliphatic heterocycles. The minimum Gasteiger partial charge on any atom is -0.480 e. The SMILES string of the molecule is CCCCCC/C=C\CCCCCCCC(=O)OCC(O)COP(=O)(O)OCC(NC(=O)CCCCCCCCCCCCCCCCCCCCC)C(=O)O. The number of aliphatic hydroxyl groups is 1. The Morgan fingerprint density at radius 2 is 0.929 bits per heavy atom. The number of nitrogens with one attached hydrogen (secondary N) is 1. The number of amides is 1. The maximum atomic E-state index is 12.3. The number of rotatable bonds is 43. The fraction of sp³-hybridized carbons (Fsp3) is 0.886. The lowest BCUT2D eigenvalue weighted by atomic mass is 10.0. The summed E-state index contributed by atoms with van der Waals surface area (Å²) in [6.45, 7) is 2.59. The first-order valence-corrected chi connectivity index (χ1v) is 24.2. The number of hydrogen-bond donors (Lipinski definition) is 4. The highest BCUT2D eigenvalue weighted by atomic mass is 31.2. The Morgan fingerprint density at radius 1 is 0.554 bits per heavy atom. The number of carboxylic acids is 1. The molecule has 11 nitrogen and oxygen atoms in total. The maximum absolute atomic E-state index is 12.3. The number of allylic oxidation sites excluding steroid dienone is 2. The molecule has 0 aromatic carbocycles. The van der Waals surface area contributed by atoms with Gasteiger partial charge in [0.15, 0.2) is 6.04 Å². The standard InChI is InChI=1S/C44H84NO10P/c1-3-5-7-9-11-13-15-17-18-19-20-21-22-24-25-27-29-31-33-35-42(47)45-41(44(49)50)39-55-56(51,52)54-38-40(46)37-53-43(48)36-34-32-30-28-26-23-16-14-12-10-8-6-4-2/h14,16,40-41,46H,3-13,15,17-39H2,1-2H3,(H,45,47)(H,49,50)(H,51,52)/b16-14-. The van der Waals surface area contributed by atoms with Gasteiger partial charge in [-0.15, -0.1) is 0 Å². The molecule has 3 unspecified atom stereocenters. The Labute approximate surface area is 341 Å². The second-order valence-corrected chi connectivity index (χ2v) is 17.0. The van der Waals surface area contributed by atoms with Crippen LogP contribution in [0.2, 0.25) is 0 Å². The summed E-state index contributed by atoms with van der Waals surface area (Å²) >= 11 is 0. The van der Waals surface area contributed by atoms with Crippen LogP contribution in [0.1, 0.15) is 219 Å². The minimum absolute atomic E-state index is 0.151. The number of phosphoric acid groups is 1. The highest BCUT2D eigenvalue weighted by Crippen LogP contribution is 2.43. The third-order valence-corrected chi connectivity index (χ3v) is 11.0. The van der Waals surface area contributed by atoms with Crippen LogP contribution in [0.3, 0.4) is 0 Å². The number of unbranched alkanes of at least 4 members (excludes halogenated alkanes) is 27. The van der Waals surface area contributed by atoms with Crippen LogP contribution in [0, 0.1) is 0 Å². The second kappa shape index (κ2) is 40.0. The summed E-state index contributed by atoms with van der Waals surface area (Å²) in [7, 11) is -4.75. The number of hydrogen-bond acceptors (Lipinski definition) is 8. The van der Waals surface area contributed by atoms with Gasteiger partial charge in [-0.1, -0.05) is 180 Å². The molecule has 56 heavy (non-hydrogen) atoms. The van der Waals surface area contributed by atoms with Crippen LogP contribution in [0.5, 0.6) is 0 Å². The van der Waals surface area contributed by atoms with E-state index in [0.717, 1.165) is 57.8 Å². The zero-order valence-electron chi connectivity index (χ0n) is 35.7. The Hall–Kier alpha value is -1.78. The van der Waals surface area contributed by atoms with Crippen LogP contribution in [-0.4, -0.2) is 64.9 Å². The summed E-state index contributed by atoms with van der Waals surface area (Å²) in [5.74, 6) is -2.37. The summed E-state index contributed by atoms with van der Waals surface area (Å²) in [4.78, 5) is 45.9. The molecule has 12 heteroatoms. The molecule has 0 aliphatic rings. The van der Waals surface area contributed by atoms with Gasteiger partial charge in [-0.2, -0.15) is 0 Å². The fourth-order valence-electron chi connectivity index (χ4n) is 6.49. The monoisotopic (exact) mass is 818 g/mol. The second-order valence-electron chi connectivity index (χ2n) is 15.6. The van der Waals surface area contributed by atoms with Gasteiger partial charge in [-0.3, -0.25) is 18.6 Å². The fourth-order valence-corrected chi connectivity index (χ4v) is 7.26. The number of aliphatic carboxylic acids is 1. The maximum Gasteiger partial charge on any atom is 0.472 e. The summed E-state index contributed by atoms with van der Waals surface area (Å²) in [5, 5.41) is 21.8. The molecule has 0 fully saturated rings. The predicted molar refractivity (Wildman–Crippen MR) is 226 cm³/mol. The smallest absolute Gasteiger partial charge is 0.472 e. The molecule has 0 aliphatic carbocycles. The van der Waals surface area contributed by atoms with Gasteiger partial charge in [-0.25, -0.2) is 9.36 Å². The van der Waals surface area contributed by atoms with Gasteiger partial charge in [0.1, 0.15) is 12.7 Å². The lowest BCUT2D eigenvalue weighted by Crippen LogP contribution is -2.43. The molecule has 0 bridgehead atoms.